The molecule has 4 rings (SSSR count). The fraction of sp³-hybridized carbons (Fsp3) is 0.391. The standard InChI is InChI=1S/C23H25F3N4O2/c1-13-2-4-16(5-3-13)28-23(32)30-12-17-9-18(30)11-29(17)22(31)8-15(27)6-14-7-20(25)21(26)10-19(14)24/h2-5,7,10,15,17-18H,6,8-9,11-12,27H2,1H3,(H,28,32)/t15-,17+,18-/m1/s1. The molecule has 2 heterocycles. The van der Waals surface area contributed by atoms with Gasteiger partial charge in [0.2, 0.25) is 5.91 Å². The number of nitrogens with zero attached hydrogens (tertiary/aromatic N) is 2. The molecule has 2 saturated heterocycles. The van der Waals surface area contributed by atoms with E-state index in [2.05, 4.69) is 5.32 Å². The van der Waals surface area contributed by atoms with Gasteiger partial charge in [0.15, 0.2) is 11.6 Å². The maximum atomic E-state index is 13.8. The SMILES string of the molecule is Cc1ccc(NC(=O)N2C[C@@H]3C[C@@H]2CN3C(=O)C[C@H](N)Cc2cc(F)c(F)cc2F)cc1. The predicted molar refractivity (Wildman–Crippen MR) is 113 cm³/mol. The first kappa shape index (κ1) is 22.1. The van der Waals surface area contributed by atoms with Gasteiger partial charge in [0.25, 0.3) is 0 Å². The number of piperazine rings is 1. The Balaban J connectivity index is 1.30. The summed E-state index contributed by atoms with van der Waals surface area (Å²) in [7, 11) is 0. The molecule has 0 saturated carbocycles. The maximum absolute atomic E-state index is 13.8. The van der Waals surface area contributed by atoms with Crippen molar-refractivity contribution in [3.05, 3.63) is 65.0 Å². The lowest BCUT2D eigenvalue weighted by atomic mass is 10.0. The van der Waals surface area contributed by atoms with Crippen LogP contribution in [0.15, 0.2) is 36.4 Å². The molecule has 2 fully saturated rings. The third-order valence-corrected chi connectivity index (χ3v) is 6.13. The van der Waals surface area contributed by atoms with Crippen LogP contribution >= 0.6 is 0 Å². The third kappa shape index (κ3) is 4.57. The highest BCUT2D eigenvalue weighted by Crippen LogP contribution is 2.32. The highest BCUT2D eigenvalue weighted by atomic mass is 19.2. The molecule has 3 atom stereocenters. The quantitative estimate of drug-likeness (QED) is 0.693. The van der Waals surface area contributed by atoms with Crippen LogP contribution in [0.1, 0.15) is 24.0 Å². The van der Waals surface area contributed by atoms with E-state index in [1.807, 2.05) is 31.2 Å². The van der Waals surface area contributed by atoms with Crippen LogP contribution < -0.4 is 11.1 Å². The molecule has 0 aromatic heterocycles. The molecular formula is C23H25F3N4O2. The fourth-order valence-electron chi connectivity index (χ4n) is 4.47. The van der Waals surface area contributed by atoms with Crippen LogP contribution in [0.4, 0.5) is 23.7 Å². The summed E-state index contributed by atoms with van der Waals surface area (Å²) in [5.41, 5.74) is 7.75. The Morgan fingerprint density at radius 3 is 2.31 bits per heavy atom. The maximum Gasteiger partial charge on any atom is 0.322 e. The van der Waals surface area contributed by atoms with Crippen LogP contribution in [0.5, 0.6) is 0 Å². The second-order valence-corrected chi connectivity index (χ2v) is 8.56. The number of halogens is 3. The summed E-state index contributed by atoms with van der Waals surface area (Å²) < 4.78 is 40.3. The highest BCUT2D eigenvalue weighted by molar-refractivity contribution is 5.90. The number of fused-ring (bicyclic) bond motifs is 2. The van der Waals surface area contributed by atoms with Crippen molar-refractivity contribution < 1.29 is 22.8 Å². The number of likely N-dealkylation sites (tertiary alicyclic amines) is 2. The zero-order valence-electron chi connectivity index (χ0n) is 17.7. The lowest BCUT2D eigenvalue weighted by Crippen LogP contribution is -2.52. The van der Waals surface area contributed by atoms with E-state index >= 15 is 0 Å². The number of anilines is 1. The van der Waals surface area contributed by atoms with Gasteiger partial charge in [-0.05, 0) is 43.5 Å². The van der Waals surface area contributed by atoms with Crippen LogP contribution in [0.2, 0.25) is 0 Å². The topological polar surface area (TPSA) is 78.7 Å². The predicted octanol–water partition coefficient (Wildman–Crippen LogP) is 3.19. The van der Waals surface area contributed by atoms with Crippen LogP contribution in [0.25, 0.3) is 0 Å². The summed E-state index contributed by atoms with van der Waals surface area (Å²) in [6.07, 6.45) is 0.569. The van der Waals surface area contributed by atoms with E-state index in [-0.39, 0.29) is 42.4 Å². The average Bonchev–Trinajstić information content (AvgIpc) is 3.35. The molecule has 2 aromatic carbocycles. The molecule has 2 aromatic rings. The average molecular weight is 446 g/mol. The van der Waals surface area contributed by atoms with E-state index in [1.165, 1.54) is 0 Å². The van der Waals surface area contributed by atoms with Crippen molar-refractivity contribution in [2.24, 2.45) is 5.73 Å². The van der Waals surface area contributed by atoms with E-state index in [4.69, 9.17) is 5.73 Å². The molecule has 9 heteroatoms. The van der Waals surface area contributed by atoms with Gasteiger partial charge in [-0.25, -0.2) is 18.0 Å². The van der Waals surface area contributed by atoms with Gasteiger partial charge in [0, 0.05) is 37.3 Å². The number of carbonyl (C=O) groups is 2. The number of nitrogens with two attached hydrogens (primary N) is 1. The van der Waals surface area contributed by atoms with Crippen molar-refractivity contribution in [2.75, 3.05) is 18.4 Å². The van der Waals surface area contributed by atoms with E-state index in [1.54, 1.807) is 9.80 Å². The first-order valence-corrected chi connectivity index (χ1v) is 10.5. The molecule has 32 heavy (non-hydrogen) atoms. The van der Waals surface area contributed by atoms with Crippen molar-refractivity contribution in [1.29, 1.82) is 0 Å². The summed E-state index contributed by atoms with van der Waals surface area (Å²) in [4.78, 5) is 28.8. The molecule has 2 bridgehead atoms. The molecule has 3 amide bonds. The first-order valence-electron chi connectivity index (χ1n) is 10.5. The number of hydrogen-bond acceptors (Lipinski definition) is 3. The first-order chi connectivity index (χ1) is 15.2. The van der Waals surface area contributed by atoms with Crippen LogP contribution in [-0.4, -0.2) is 53.0 Å². The molecule has 2 aliphatic heterocycles. The Labute approximate surface area is 184 Å². The van der Waals surface area contributed by atoms with Gasteiger partial charge >= 0.3 is 6.03 Å². The second-order valence-electron chi connectivity index (χ2n) is 8.56. The van der Waals surface area contributed by atoms with Crippen molar-refractivity contribution in [1.82, 2.24) is 9.80 Å². The molecule has 2 aliphatic rings. The van der Waals surface area contributed by atoms with Crippen molar-refractivity contribution in [2.45, 2.75) is 44.3 Å². The Morgan fingerprint density at radius 2 is 1.66 bits per heavy atom. The van der Waals surface area contributed by atoms with Crippen LogP contribution in [-0.2, 0) is 11.2 Å². The lowest BCUT2D eigenvalue weighted by Gasteiger charge is -2.34. The molecular weight excluding hydrogens is 421 g/mol. The number of carbonyl (C=O) groups excluding carboxylic acids is 2. The smallest absolute Gasteiger partial charge is 0.322 e. The highest BCUT2D eigenvalue weighted by Gasteiger charge is 2.47. The van der Waals surface area contributed by atoms with Crippen LogP contribution in [0, 0.1) is 24.4 Å². The normalized spacial score (nSPS) is 20.5. The van der Waals surface area contributed by atoms with Gasteiger partial charge in [-0.2, -0.15) is 0 Å². The van der Waals surface area contributed by atoms with Crippen molar-refractivity contribution in [3.8, 4) is 0 Å². The Morgan fingerprint density at radius 1 is 1.03 bits per heavy atom. The largest absolute Gasteiger partial charge is 0.336 e. The third-order valence-electron chi connectivity index (χ3n) is 6.13. The minimum Gasteiger partial charge on any atom is -0.336 e. The minimum absolute atomic E-state index is 0.0444. The molecule has 6 nitrogen and oxygen atoms in total. The van der Waals surface area contributed by atoms with Crippen molar-refractivity contribution in [3.63, 3.8) is 0 Å². The number of amides is 3. The van der Waals surface area contributed by atoms with Gasteiger partial charge < -0.3 is 20.9 Å². The molecule has 0 radical (unpaired) electrons. The number of benzene rings is 2. The zero-order valence-corrected chi connectivity index (χ0v) is 17.7. The van der Waals surface area contributed by atoms with Gasteiger partial charge in [0.05, 0.1) is 12.1 Å². The number of rotatable bonds is 5. The van der Waals surface area contributed by atoms with Gasteiger partial charge in [-0.3, -0.25) is 4.79 Å². The summed E-state index contributed by atoms with van der Waals surface area (Å²) in [6, 6.07) is 7.68. The second kappa shape index (κ2) is 8.82. The summed E-state index contributed by atoms with van der Waals surface area (Å²) in [5.74, 6) is -3.49. The Hall–Kier alpha value is -3.07. The fourth-order valence-corrected chi connectivity index (χ4v) is 4.47. The molecule has 0 spiro atoms. The Bertz CT molecular complexity index is 1030. The summed E-state index contributed by atoms with van der Waals surface area (Å²) >= 11 is 0. The minimum atomic E-state index is -1.26. The van der Waals surface area contributed by atoms with E-state index < -0.39 is 23.5 Å². The Kier molecular flexibility index (Phi) is 6.10. The molecule has 0 unspecified atom stereocenters. The molecule has 0 aliphatic carbocycles. The van der Waals surface area contributed by atoms with Crippen molar-refractivity contribution >= 4 is 17.6 Å². The number of nitrogens with one attached hydrogen (secondary N) is 1. The number of aryl methyl sites for hydroxylation is 1. The van der Waals surface area contributed by atoms with E-state index in [0.29, 0.717) is 31.3 Å². The summed E-state index contributed by atoms with van der Waals surface area (Å²) in [5, 5.41) is 2.88. The number of hydrogen-bond donors (Lipinski definition) is 2. The van der Waals surface area contributed by atoms with Gasteiger partial charge in [-0.1, -0.05) is 17.7 Å². The van der Waals surface area contributed by atoms with Gasteiger partial charge in [-0.15, -0.1) is 0 Å². The lowest BCUT2D eigenvalue weighted by molar-refractivity contribution is -0.133. The van der Waals surface area contributed by atoms with E-state index in [0.717, 1.165) is 11.6 Å². The summed E-state index contributed by atoms with van der Waals surface area (Å²) in [6.45, 7) is 2.81. The number of urea groups is 1. The molecule has 3 N–H and O–H groups in total. The van der Waals surface area contributed by atoms with Gasteiger partial charge in [0.1, 0.15) is 5.82 Å². The van der Waals surface area contributed by atoms with Crippen LogP contribution in [0.3, 0.4) is 0 Å². The zero-order chi connectivity index (χ0) is 23.0. The molecule has 170 valence electrons. The monoisotopic (exact) mass is 446 g/mol. The van der Waals surface area contributed by atoms with E-state index in [9.17, 15) is 22.8 Å².